The number of benzene rings is 1. The maximum absolute atomic E-state index is 13.1. The van der Waals surface area contributed by atoms with E-state index in [2.05, 4.69) is 0 Å². The van der Waals surface area contributed by atoms with Crippen LogP contribution in [0.1, 0.15) is 40.2 Å². The zero-order chi connectivity index (χ0) is 25.3. The number of hydrogen-bond acceptors (Lipinski definition) is 6. The number of hydrogen-bond donors (Lipinski definition) is 1. The van der Waals surface area contributed by atoms with Gasteiger partial charge in [0.05, 0.1) is 12.8 Å². The van der Waals surface area contributed by atoms with Gasteiger partial charge in [-0.05, 0) is 40.2 Å². The third-order valence-corrected chi connectivity index (χ3v) is 4.99. The lowest BCUT2D eigenvalue weighted by atomic mass is 9.97. The Bertz CT molecular complexity index is 927. The molecule has 11 heteroatoms. The molecule has 2 aliphatic rings. The van der Waals surface area contributed by atoms with Crippen LogP contribution in [0, 0.1) is 0 Å². The predicted octanol–water partition coefficient (Wildman–Crippen LogP) is 3.86. The summed E-state index contributed by atoms with van der Waals surface area (Å²) in [6.45, 7) is 8.08. The van der Waals surface area contributed by atoms with Gasteiger partial charge in [0, 0.05) is 5.57 Å². The Kier molecular flexibility index (Phi) is 7.18. The minimum atomic E-state index is -5.15. The number of carbonyl (C=O) groups is 2. The fourth-order valence-electron chi connectivity index (χ4n) is 3.67. The van der Waals surface area contributed by atoms with Crippen molar-refractivity contribution in [1.29, 1.82) is 0 Å². The maximum atomic E-state index is 13.1. The molecule has 0 aromatic heterocycles. The molecule has 2 saturated heterocycles. The number of fused-ring (bicyclic) bond motifs is 1. The lowest BCUT2D eigenvalue weighted by Gasteiger charge is -2.42. The lowest BCUT2D eigenvalue weighted by Crippen LogP contribution is -2.65. The van der Waals surface area contributed by atoms with E-state index in [1.54, 1.807) is 34.6 Å². The number of nitrogens with one attached hydrogen (secondary N) is 1. The first-order valence-corrected chi connectivity index (χ1v) is 10.7. The summed E-state index contributed by atoms with van der Waals surface area (Å²) in [7, 11) is 0. The van der Waals surface area contributed by atoms with Crippen LogP contribution in [-0.2, 0) is 30.3 Å². The van der Waals surface area contributed by atoms with Gasteiger partial charge in [0.2, 0.25) is 0 Å². The van der Waals surface area contributed by atoms with Crippen LogP contribution in [0.25, 0.3) is 0 Å². The molecule has 3 rings (SSSR count). The van der Waals surface area contributed by atoms with Gasteiger partial charge in [0.25, 0.3) is 0 Å². The summed E-state index contributed by atoms with van der Waals surface area (Å²) in [5.74, 6) is -3.38. The van der Waals surface area contributed by atoms with E-state index in [0.29, 0.717) is 5.57 Å². The van der Waals surface area contributed by atoms with Crippen LogP contribution in [0.3, 0.4) is 0 Å². The highest BCUT2D eigenvalue weighted by atomic mass is 19.4. The SMILES string of the molecule is CC(C)(C)OC(=O)N1C/C(=C/OCc2ccccc2)[C@@H]2OC(C)(C)O[C@@H]2[C@H]1NC(=O)C(F)(F)F. The number of piperidine rings is 1. The van der Waals surface area contributed by atoms with Gasteiger partial charge in [-0.2, -0.15) is 13.2 Å². The first kappa shape index (κ1) is 25.8. The van der Waals surface area contributed by atoms with Crippen LogP contribution in [-0.4, -0.2) is 59.4 Å². The van der Waals surface area contributed by atoms with Gasteiger partial charge in [0.15, 0.2) is 5.79 Å². The zero-order valence-electron chi connectivity index (χ0n) is 19.6. The number of alkyl halides is 3. The van der Waals surface area contributed by atoms with E-state index < -0.39 is 47.9 Å². The third-order valence-electron chi connectivity index (χ3n) is 4.99. The van der Waals surface area contributed by atoms with Gasteiger partial charge in [-0.3, -0.25) is 9.69 Å². The highest BCUT2D eigenvalue weighted by molar-refractivity contribution is 5.82. The van der Waals surface area contributed by atoms with Crippen molar-refractivity contribution in [3.8, 4) is 0 Å². The van der Waals surface area contributed by atoms with E-state index >= 15 is 0 Å². The normalized spacial score (nSPS) is 25.6. The Morgan fingerprint density at radius 3 is 2.41 bits per heavy atom. The van der Waals surface area contributed by atoms with Crippen molar-refractivity contribution < 1.29 is 41.7 Å². The van der Waals surface area contributed by atoms with Gasteiger partial charge >= 0.3 is 18.2 Å². The predicted molar refractivity (Wildman–Crippen MR) is 114 cm³/mol. The summed E-state index contributed by atoms with van der Waals surface area (Å²) >= 11 is 0. The van der Waals surface area contributed by atoms with Crippen LogP contribution in [0.2, 0.25) is 0 Å². The summed E-state index contributed by atoms with van der Waals surface area (Å²) in [6, 6.07) is 9.33. The molecule has 34 heavy (non-hydrogen) atoms. The number of amides is 2. The largest absolute Gasteiger partial charge is 0.496 e. The van der Waals surface area contributed by atoms with Crippen LogP contribution >= 0.6 is 0 Å². The summed E-state index contributed by atoms with van der Waals surface area (Å²) in [5.41, 5.74) is 0.428. The average Bonchev–Trinajstić information content (AvgIpc) is 3.03. The fourth-order valence-corrected chi connectivity index (χ4v) is 3.67. The molecule has 3 atom stereocenters. The molecule has 0 bridgehead atoms. The van der Waals surface area contributed by atoms with E-state index in [-0.39, 0.29) is 13.2 Å². The molecule has 2 aliphatic heterocycles. The van der Waals surface area contributed by atoms with Crippen molar-refractivity contribution in [2.75, 3.05) is 6.54 Å². The van der Waals surface area contributed by atoms with Crippen molar-refractivity contribution in [3.05, 3.63) is 47.7 Å². The minimum Gasteiger partial charge on any atom is -0.496 e. The third kappa shape index (κ3) is 6.41. The second-order valence-corrected chi connectivity index (χ2v) is 9.53. The van der Waals surface area contributed by atoms with Gasteiger partial charge in [-0.1, -0.05) is 30.3 Å². The molecule has 8 nitrogen and oxygen atoms in total. The Balaban J connectivity index is 1.91. The summed E-state index contributed by atoms with van der Waals surface area (Å²) in [4.78, 5) is 25.7. The van der Waals surface area contributed by atoms with Gasteiger partial charge in [-0.15, -0.1) is 0 Å². The standard InChI is InChI=1S/C23H29F3N2O6/c1-21(2,3)34-20(30)28-11-15(13-31-12-14-9-7-6-8-10-14)16-17(33-22(4,5)32-16)18(28)27-19(29)23(24,25)26/h6-10,13,16-18H,11-12H2,1-5H3,(H,27,29)/b15-13-/t16-,17-,18-/m0/s1. The molecule has 0 unspecified atom stereocenters. The monoisotopic (exact) mass is 486 g/mol. The second-order valence-electron chi connectivity index (χ2n) is 9.53. The first-order valence-electron chi connectivity index (χ1n) is 10.7. The van der Waals surface area contributed by atoms with Crippen molar-refractivity contribution in [2.24, 2.45) is 0 Å². The second kappa shape index (κ2) is 9.46. The van der Waals surface area contributed by atoms with Crippen LogP contribution in [0.15, 0.2) is 42.2 Å². The quantitative estimate of drug-likeness (QED) is 0.651. The highest BCUT2D eigenvalue weighted by Crippen LogP contribution is 2.39. The molecule has 2 heterocycles. The molecular formula is C23H29F3N2O6. The van der Waals surface area contributed by atoms with Crippen molar-refractivity contribution >= 4 is 12.0 Å². The molecule has 0 aliphatic carbocycles. The Morgan fingerprint density at radius 2 is 1.82 bits per heavy atom. The minimum absolute atomic E-state index is 0.201. The molecule has 1 aromatic carbocycles. The van der Waals surface area contributed by atoms with E-state index in [4.69, 9.17) is 18.9 Å². The lowest BCUT2D eigenvalue weighted by molar-refractivity contribution is -0.179. The van der Waals surface area contributed by atoms with E-state index in [1.165, 1.54) is 6.26 Å². The summed E-state index contributed by atoms with van der Waals surface area (Å²) in [6.07, 6.45) is -8.13. The number of likely N-dealkylation sites (tertiary alicyclic amines) is 1. The number of nitrogens with zero attached hydrogens (tertiary/aromatic N) is 1. The molecule has 1 aromatic rings. The zero-order valence-corrected chi connectivity index (χ0v) is 19.6. The average molecular weight is 486 g/mol. The van der Waals surface area contributed by atoms with Crippen molar-refractivity contribution in [2.45, 2.75) is 77.2 Å². The smallest absolute Gasteiger partial charge is 0.471 e. The first-order chi connectivity index (χ1) is 15.7. The summed E-state index contributed by atoms with van der Waals surface area (Å²) < 4.78 is 62.0. The van der Waals surface area contributed by atoms with E-state index in [9.17, 15) is 22.8 Å². The van der Waals surface area contributed by atoms with Gasteiger partial charge < -0.3 is 24.3 Å². The molecule has 1 N–H and O–H groups in total. The number of carbonyl (C=O) groups excluding carboxylic acids is 2. The van der Waals surface area contributed by atoms with Crippen LogP contribution < -0.4 is 5.32 Å². The van der Waals surface area contributed by atoms with E-state index in [1.807, 2.05) is 35.6 Å². The number of halogens is 3. The van der Waals surface area contributed by atoms with Crippen molar-refractivity contribution in [3.63, 3.8) is 0 Å². The summed E-state index contributed by atoms with van der Waals surface area (Å²) in [5, 5.41) is 1.88. The van der Waals surface area contributed by atoms with Crippen LogP contribution in [0.5, 0.6) is 0 Å². The molecule has 2 fully saturated rings. The molecule has 2 amide bonds. The molecule has 0 radical (unpaired) electrons. The van der Waals surface area contributed by atoms with Gasteiger partial charge in [0.1, 0.15) is 30.6 Å². The fraction of sp³-hybridized carbons (Fsp3) is 0.565. The van der Waals surface area contributed by atoms with Gasteiger partial charge in [-0.25, -0.2) is 4.79 Å². The molecule has 0 spiro atoms. The highest BCUT2D eigenvalue weighted by Gasteiger charge is 2.55. The van der Waals surface area contributed by atoms with E-state index in [0.717, 1.165) is 10.5 Å². The Morgan fingerprint density at radius 1 is 1.18 bits per heavy atom. The topological polar surface area (TPSA) is 86.3 Å². The molecular weight excluding hydrogens is 457 g/mol. The number of ether oxygens (including phenoxy) is 4. The van der Waals surface area contributed by atoms with Crippen molar-refractivity contribution in [1.82, 2.24) is 10.2 Å². The Hall–Kier alpha value is -2.79. The maximum Gasteiger partial charge on any atom is 0.471 e. The molecule has 0 saturated carbocycles. The van der Waals surface area contributed by atoms with Crippen LogP contribution in [0.4, 0.5) is 18.0 Å². The number of rotatable bonds is 4. The molecule has 188 valence electrons. The Labute approximate surface area is 196 Å².